The van der Waals surface area contributed by atoms with Crippen molar-refractivity contribution in [3.8, 4) is 28.7 Å². The Morgan fingerprint density at radius 2 is 1.91 bits per heavy atom. The fraction of sp³-hybridized carbons (Fsp3) is 0.174. The summed E-state index contributed by atoms with van der Waals surface area (Å²) in [5.74, 6) is 0.755. The molecule has 0 fully saturated rings. The zero-order valence-corrected chi connectivity index (χ0v) is 19.2. The van der Waals surface area contributed by atoms with Gasteiger partial charge in [-0.3, -0.25) is 14.5 Å². The van der Waals surface area contributed by atoms with Gasteiger partial charge in [0, 0.05) is 43.3 Å². The molecule has 33 heavy (non-hydrogen) atoms. The molecule has 0 saturated heterocycles. The van der Waals surface area contributed by atoms with E-state index in [0.29, 0.717) is 33.9 Å². The Morgan fingerprint density at radius 3 is 2.52 bits per heavy atom. The van der Waals surface area contributed by atoms with Crippen molar-refractivity contribution in [1.29, 1.82) is 5.26 Å². The first-order chi connectivity index (χ1) is 15.7. The maximum absolute atomic E-state index is 12.5. The molecule has 2 aromatic carbocycles. The predicted molar refractivity (Wildman–Crippen MR) is 129 cm³/mol. The third kappa shape index (κ3) is 5.22. The molecule has 0 spiro atoms. The molecular formula is C23H23N5O4S. The molecule has 0 aliphatic carbocycles. The summed E-state index contributed by atoms with van der Waals surface area (Å²) in [5, 5.41) is 9.00. The minimum atomic E-state index is -3.52. The lowest BCUT2D eigenvalue weighted by Crippen LogP contribution is -2.23. The summed E-state index contributed by atoms with van der Waals surface area (Å²) in [4.78, 5) is 16.5. The van der Waals surface area contributed by atoms with E-state index >= 15 is 0 Å². The van der Waals surface area contributed by atoms with Crippen LogP contribution in [-0.2, 0) is 17.1 Å². The molecule has 0 amide bonds. The zero-order valence-electron chi connectivity index (χ0n) is 18.4. The van der Waals surface area contributed by atoms with Crippen molar-refractivity contribution in [2.24, 2.45) is 12.0 Å². The summed E-state index contributed by atoms with van der Waals surface area (Å²) < 4.78 is 34.1. The van der Waals surface area contributed by atoms with E-state index in [-0.39, 0.29) is 22.6 Å². The number of anilines is 2. The number of pyridine rings is 1. The molecule has 3 N–H and O–H groups in total. The summed E-state index contributed by atoms with van der Waals surface area (Å²) in [6, 6.07) is 13.4. The average Bonchev–Trinajstić information content (AvgIpc) is 2.80. The van der Waals surface area contributed by atoms with Gasteiger partial charge in [0.05, 0.1) is 28.6 Å². The fourth-order valence-corrected chi connectivity index (χ4v) is 3.74. The molecule has 1 heterocycles. The number of hydrogen-bond donors (Lipinski definition) is 2. The normalized spacial score (nSPS) is 11.3. The van der Waals surface area contributed by atoms with Crippen LogP contribution in [-0.4, -0.2) is 32.0 Å². The highest BCUT2D eigenvalue weighted by molar-refractivity contribution is 7.92. The second-order valence-electron chi connectivity index (χ2n) is 7.13. The van der Waals surface area contributed by atoms with E-state index in [0.717, 1.165) is 0 Å². The maximum atomic E-state index is 12.5. The van der Waals surface area contributed by atoms with Crippen LogP contribution < -0.4 is 20.8 Å². The number of nitriles is 1. The van der Waals surface area contributed by atoms with Gasteiger partial charge in [-0.1, -0.05) is 0 Å². The number of aromatic nitrogens is 1. The number of benzene rings is 2. The van der Waals surface area contributed by atoms with E-state index in [1.807, 2.05) is 6.07 Å². The number of nitrogens with two attached hydrogens (primary N) is 1. The van der Waals surface area contributed by atoms with E-state index in [2.05, 4.69) is 9.71 Å². The van der Waals surface area contributed by atoms with E-state index in [1.165, 1.54) is 24.8 Å². The van der Waals surface area contributed by atoms with Crippen molar-refractivity contribution in [2.75, 3.05) is 23.3 Å². The van der Waals surface area contributed by atoms with Crippen LogP contribution >= 0.6 is 0 Å². The average molecular weight is 466 g/mol. The van der Waals surface area contributed by atoms with Gasteiger partial charge in [-0.15, -0.1) is 0 Å². The van der Waals surface area contributed by atoms with E-state index in [9.17, 15) is 13.2 Å². The number of nitrogen functional groups attached to an aromatic ring is 1. The molecule has 3 rings (SSSR count). The standard InChI is InChI=1S/C23H23N5O4S/c1-4-33(30,31)27-16-7-10-21(32-17-8-5-15(12-24)6-9-17)18(11-16)20-14-28(3)23(29)19(13-26-2)22(20)25/h5-11,13-14,27H,4,25H2,1-3H3. The number of nitrogens with zero attached hydrogens (tertiary/aromatic N) is 3. The monoisotopic (exact) mass is 465 g/mol. The number of ether oxygens (including phenoxy) is 1. The molecule has 10 heteroatoms. The Hall–Kier alpha value is -4.10. The molecule has 9 nitrogen and oxygen atoms in total. The molecule has 0 aliphatic heterocycles. The second kappa shape index (κ2) is 9.58. The minimum absolute atomic E-state index is 0.0923. The highest BCUT2D eigenvalue weighted by Gasteiger charge is 2.18. The van der Waals surface area contributed by atoms with Crippen LogP contribution in [0.3, 0.4) is 0 Å². The molecule has 0 saturated carbocycles. The summed E-state index contributed by atoms with van der Waals surface area (Å²) in [6.45, 7) is 1.53. The highest BCUT2D eigenvalue weighted by atomic mass is 32.2. The van der Waals surface area contributed by atoms with Crippen LogP contribution in [0.25, 0.3) is 11.1 Å². The lowest BCUT2D eigenvalue weighted by molar-refractivity contribution is 0.484. The first-order valence-corrected chi connectivity index (χ1v) is 11.6. The Morgan fingerprint density at radius 1 is 1.21 bits per heavy atom. The van der Waals surface area contributed by atoms with Gasteiger partial charge in [-0.2, -0.15) is 5.26 Å². The van der Waals surface area contributed by atoms with Crippen molar-refractivity contribution >= 4 is 27.6 Å². The van der Waals surface area contributed by atoms with Crippen molar-refractivity contribution < 1.29 is 13.2 Å². The molecule has 3 aromatic rings. The first kappa shape index (κ1) is 23.6. The van der Waals surface area contributed by atoms with Crippen LogP contribution in [0.4, 0.5) is 11.4 Å². The van der Waals surface area contributed by atoms with Crippen LogP contribution in [0.1, 0.15) is 18.1 Å². The Balaban J connectivity index is 2.22. The van der Waals surface area contributed by atoms with Crippen molar-refractivity contribution in [3.63, 3.8) is 0 Å². The predicted octanol–water partition coefficient (Wildman–Crippen LogP) is 3.11. The third-order valence-corrected chi connectivity index (χ3v) is 6.15. The van der Waals surface area contributed by atoms with E-state index < -0.39 is 10.0 Å². The zero-order chi connectivity index (χ0) is 24.2. The summed E-state index contributed by atoms with van der Waals surface area (Å²) in [7, 11) is -0.403. The number of aryl methyl sites for hydroxylation is 1. The number of rotatable bonds is 7. The minimum Gasteiger partial charge on any atom is -0.457 e. The number of aliphatic imine (C=N–C) groups is 1. The molecule has 1 aromatic heterocycles. The lowest BCUT2D eigenvalue weighted by Gasteiger charge is -2.17. The van der Waals surface area contributed by atoms with Crippen LogP contribution in [0.15, 0.2) is 58.4 Å². The molecule has 170 valence electrons. The van der Waals surface area contributed by atoms with Gasteiger partial charge in [0.1, 0.15) is 11.5 Å². The van der Waals surface area contributed by atoms with Gasteiger partial charge in [-0.25, -0.2) is 8.42 Å². The first-order valence-electron chi connectivity index (χ1n) is 9.93. The fourth-order valence-electron chi connectivity index (χ4n) is 3.11. The van der Waals surface area contributed by atoms with Crippen LogP contribution in [0.5, 0.6) is 11.5 Å². The van der Waals surface area contributed by atoms with Gasteiger partial charge in [0.25, 0.3) is 5.56 Å². The maximum Gasteiger partial charge on any atom is 0.261 e. The largest absolute Gasteiger partial charge is 0.457 e. The molecule has 0 unspecified atom stereocenters. The van der Waals surface area contributed by atoms with Crippen molar-refractivity contribution in [3.05, 3.63) is 70.1 Å². The SMILES string of the molecule is CCS(=O)(=O)Nc1ccc(Oc2ccc(C#N)cc2)c(-c2cn(C)c(=O)c(C=NC)c2N)c1. The van der Waals surface area contributed by atoms with Gasteiger partial charge in [-0.05, 0) is 49.4 Å². The Bertz CT molecular complexity index is 1420. The summed E-state index contributed by atoms with van der Waals surface area (Å²) in [6.07, 6.45) is 2.94. The highest BCUT2D eigenvalue weighted by Crippen LogP contribution is 2.38. The van der Waals surface area contributed by atoms with E-state index in [4.69, 9.17) is 15.7 Å². The number of hydrogen-bond acceptors (Lipinski definition) is 7. The second-order valence-corrected chi connectivity index (χ2v) is 9.14. The van der Waals surface area contributed by atoms with Crippen molar-refractivity contribution in [1.82, 2.24) is 4.57 Å². The van der Waals surface area contributed by atoms with Crippen molar-refractivity contribution in [2.45, 2.75) is 6.92 Å². The topological polar surface area (TPSA) is 140 Å². The number of nitrogens with one attached hydrogen (secondary N) is 1. The molecular weight excluding hydrogens is 442 g/mol. The summed E-state index contributed by atoms with van der Waals surface area (Å²) in [5.41, 5.74) is 8.15. The lowest BCUT2D eigenvalue weighted by atomic mass is 10.0. The number of sulfonamides is 1. The van der Waals surface area contributed by atoms with Gasteiger partial charge < -0.3 is 15.0 Å². The quantitative estimate of drug-likeness (QED) is 0.514. The van der Waals surface area contributed by atoms with Crippen LogP contribution in [0.2, 0.25) is 0 Å². The van der Waals surface area contributed by atoms with E-state index in [1.54, 1.807) is 55.7 Å². The molecule has 0 bridgehead atoms. The van der Waals surface area contributed by atoms with Crippen LogP contribution in [0, 0.1) is 11.3 Å². The van der Waals surface area contributed by atoms with Gasteiger partial charge >= 0.3 is 0 Å². The molecule has 0 atom stereocenters. The van der Waals surface area contributed by atoms with Gasteiger partial charge in [0.15, 0.2) is 0 Å². The summed E-state index contributed by atoms with van der Waals surface area (Å²) >= 11 is 0. The molecule has 0 aliphatic rings. The Labute approximate surface area is 191 Å². The molecule has 0 radical (unpaired) electrons. The Kier molecular flexibility index (Phi) is 6.84. The smallest absolute Gasteiger partial charge is 0.261 e. The third-order valence-electron chi connectivity index (χ3n) is 4.85. The van der Waals surface area contributed by atoms with Gasteiger partial charge in [0.2, 0.25) is 10.0 Å².